The van der Waals surface area contributed by atoms with E-state index >= 15 is 0 Å². The molecule has 2 rings (SSSR count). The van der Waals surface area contributed by atoms with Gasteiger partial charge in [0.25, 0.3) is 0 Å². The summed E-state index contributed by atoms with van der Waals surface area (Å²) >= 11 is 0. The molecule has 1 fully saturated rings. The van der Waals surface area contributed by atoms with Gasteiger partial charge in [-0.1, -0.05) is 6.07 Å². The van der Waals surface area contributed by atoms with E-state index in [9.17, 15) is 18.0 Å². The number of pyridine rings is 1. The summed E-state index contributed by atoms with van der Waals surface area (Å²) in [6.45, 7) is 0.158. The molecule has 0 bridgehead atoms. The van der Waals surface area contributed by atoms with E-state index in [1.54, 1.807) is 0 Å². The Hall–Kier alpha value is -2.00. The molecular formula is C11H13N3O5S. The molecule has 9 heteroatoms. The van der Waals surface area contributed by atoms with Gasteiger partial charge in [-0.2, -0.15) is 0 Å². The van der Waals surface area contributed by atoms with Crippen LogP contribution < -0.4 is 10.0 Å². The molecule has 1 aliphatic heterocycles. The van der Waals surface area contributed by atoms with E-state index in [2.05, 4.69) is 4.98 Å². The second-order valence-electron chi connectivity index (χ2n) is 4.59. The molecule has 2 heterocycles. The standard InChI is InChI=1S/C11H13N3O5S/c12-20(18,19)6-7-4-10(15)14(5-7)9-3-1-2-8(13-9)11(16)17/h1-3,7H,4-6H2,(H,16,17)(H2,12,18,19). The smallest absolute Gasteiger partial charge is 0.354 e. The van der Waals surface area contributed by atoms with Gasteiger partial charge in [-0.25, -0.2) is 23.3 Å². The van der Waals surface area contributed by atoms with Crippen molar-refractivity contribution in [2.24, 2.45) is 11.1 Å². The Morgan fingerprint density at radius 1 is 1.50 bits per heavy atom. The first-order chi connectivity index (χ1) is 9.26. The number of sulfonamides is 1. The Balaban J connectivity index is 2.20. The van der Waals surface area contributed by atoms with E-state index in [4.69, 9.17) is 10.2 Å². The molecule has 0 aromatic carbocycles. The largest absolute Gasteiger partial charge is 0.477 e. The van der Waals surface area contributed by atoms with Gasteiger partial charge < -0.3 is 5.11 Å². The molecule has 3 N–H and O–H groups in total. The molecule has 0 aliphatic carbocycles. The number of aromatic nitrogens is 1. The molecule has 1 saturated heterocycles. The summed E-state index contributed by atoms with van der Waals surface area (Å²) < 4.78 is 22.1. The number of nitrogens with two attached hydrogens (primary N) is 1. The van der Waals surface area contributed by atoms with E-state index in [0.717, 1.165) is 0 Å². The van der Waals surface area contributed by atoms with Gasteiger partial charge in [0.1, 0.15) is 5.82 Å². The van der Waals surface area contributed by atoms with Crippen molar-refractivity contribution in [3.05, 3.63) is 23.9 Å². The number of rotatable bonds is 4. The number of carbonyl (C=O) groups excluding carboxylic acids is 1. The third-order valence-corrected chi connectivity index (χ3v) is 3.84. The van der Waals surface area contributed by atoms with Crippen LogP contribution >= 0.6 is 0 Å². The molecule has 1 amide bonds. The third kappa shape index (κ3) is 3.31. The number of amides is 1. The number of aromatic carboxylic acids is 1. The number of carboxylic acid groups (broad SMARTS) is 1. The van der Waals surface area contributed by atoms with Gasteiger partial charge in [-0.15, -0.1) is 0 Å². The maximum Gasteiger partial charge on any atom is 0.354 e. The Labute approximate surface area is 115 Å². The van der Waals surface area contributed by atoms with E-state index in [1.165, 1.54) is 23.1 Å². The van der Waals surface area contributed by atoms with Gasteiger partial charge >= 0.3 is 5.97 Å². The normalized spacial score (nSPS) is 19.4. The van der Waals surface area contributed by atoms with E-state index in [-0.39, 0.29) is 36.1 Å². The number of nitrogens with zero attached hydrogens (tertiary/aromatic N) is 2. The Morgan fingerprint density at radius 2 is 2.20 bits per heavy atom. The summed E-state index contributed by atoms with van der Waals surface area (Å²) in [4.78, 5) is 27.8. The van der Waals surface area contributed by atoms with Crippen LogP contribution in [-0.2, 0) is 14.8 Å². The van der Waals surface area contributed by atoms with Crippen molar-refractivity contribution in [2.75, 3.05) is 17.2 Å². The average Bonchev–Trinajstić information content (AvgIpc) is 2.68. The lowest BCUT2D eigenvalue weighted by Gasteiger charge is -2.15. The molecular weight excluding hydrogens is 286 g/mol. The first kappa shape index (κ1) is 14.4. The zero-order chi connectivity index (χ0) is 14.9. The third-order valence-electron chi connectivity index (χ3n) is 2.90. The first-order valence-corrected chi connectivity index (χ1v) is 7.49. The molecule has 108 valence electrons. The fourth-order valence-electron chi connectivity index (χ4n) is 2.14. The van der Waals surface area contributed by atoms with Gasteiger partial charge in [0, 0.05) is 18.9 Å². The zero-order valence-corrected chi connectivity index (χ0v) is 11.2. The van der Waals surface area contributed by atoms with Crippen LogP contribution in [0.15, 0.2) is 18.2 Å². The van der Waals surface area contributed by atoms with Crippen LogP contribution in [0.25, 0.3) is 0 Å². The van der Waals surface area contributed by atoms with Crippen molar-refractivity contribution in [2.45, 2.75) is 6.42 Å². The van der Waals surface area contributed by atoms with Crippen LogP contribution in [-0.4, -0.2) is 42.7 Å². The second kappa shape index (κ2) is 5.17. The summed E-state index contributed by atoms with van der Waals surface area (Å²) in [6.07, 6.45) is 0.0510. The van der Waals surface area contributed by atoms with Gasteiger partial charge in [0.15, 0.2) is 5.69 Å². The van der Waals surface area contributed by atoms with Gasteiger partial charge in [0.2, 0.25) is 15.9 Å². The molecule has 0 saturated carbocycles. The SMILES string of the molecule is NS(=O)(=O)CC1CC(=O)N(c2cccc(C(=O)O)n2)C1. The topological polar surface area (TPSA) is 131 Å². The maximum absolute atomic E-state index is 11.9. The lowest BCUT2D eigenvalue weighted by Crippen LogP contribution is -2.28. The number of carboxylic acids is 1. The Morgan fingerprint density at radius 3 is 2.80 bits per heavy atom. The predicted molar refractivity (Wildman–Crippen MR) is 69.6 cm³/mol. The fourth-order valence-corrected chi connectivity index (χ4v) is 3.02. The molecule has 1 aromatic rings. The number of hydrogen-bond acceptors (Lipinski definition) is 5. The minimum absolute atomic E-state index is 0.0510. The van der Waals surface area contributed by atoms with Crippen LogP contribution in [0.3, 0.4) is 0 Å². The zero-order valence-electron chi connectivity index (χ0n) is 10.4. The van der Waals surface area contributed by atoms with Crippen molar-refractivity contribution < 1.29 is 23.1 Å². The molecule has 1 unspecified atom stereocenters. The highest BCUT2D eigenvalue weighted by Crippen LogP contribution is 2.24. The summed E-state index contributed by atoms with van der Waals surface area (Å²) in [7, 11) is -3.65. The number of hydrogen-bond donors (Lipinski definition) is 2. The number of primary sulfonamides is 1. The van der Waals surface area contributed by atoms with Gasteiger partial charge in [-0.3, -0.25) is 9.69 Å². The fraction of sp³-hybridized carbons (Fsp3) is 0.364. The van der Waals surface area contributed by atoms with Crippen LogP contribution in [0.5, 0.6) is 0 Å². The van der Waals surface area contributed by atoms with E-state index < -0.39 is 21.9 Å². The molecule has 1 aromatic heterocycles. The number of anilines is 1. The lowest BCUT2D eigenvalue weighted by molar-refractivity contribution is -0.117. The highest BCUT2D eigenvalue weighted by atomic mass is 32.2. The van der Waals surface area contributed by atoms with Crippen LogP contribution in [0.2, 0.25) is 0 Å². The maximum atomic E-state index is 11.9. The molecule has 8 nitrogen and oxygen atoms in total. The highest BCUT2D eigenvalue weighted by Gasteiger charge is 2.33. The summed E-state index contributed by atoms with van der Waals surface area (Å²) in [6, 6.07) is 4.30. The van der Waals surface area contributed by atoms with Gasteiger partial charge in [0.05, 0.1) is 5.75 Å². The minimum Gasteiger partial charge on any atom is -0.477 e. The number of carbonyl (C=O) groups is 2. The van der Waals surface area contributed by atoms with Gasteiger partial charge in [-0.05, 0) is 12.1 Å². The Bertz CT molecular complexity index is 658. The van der Waals surface area contributed by atoms with Crippen LogP contribution in [0.1, 0.15) is 16.9 Å². The average molecular weight is 299 g/mol. The predicted octanol–water partition coefficient (Wildman–Crippen LogP) is -0.579. The molecule has 1 aliphatic rings. The van der Waals surface area contributed by atoms with Crippen LogP contribution in [0, 0.1) is 5.92 Å². The highest BCUT2D eigenvalue weighted by molar-refractivity contribution is 7.89. The Kier molecular flexibility index (Phi) is 3.73. The molecule has 0 radical (unpaired) electrons. The molecule has 20 heavy (non-hydrogen) atoms. The quantitative estimate of drug-likeness (QED) is 0.765. The van der Waals surface area contributed by atoms with E-state index in [0.29, 0.717) is 0 Å². The second-order valence-corrected chi connectivity index (χ2v) is 6.25. The molecule has 0 spiro atoms. The monoisotopic (exact) mass is 299 g/mol. The first-order valence-electron chi connectivity index (χ1n) is 5.77. The summed E-state index contributed by atoms with van der Waals surface area (Å²) in [5, 5.41) is 13.8. The van der Waals surface area contributed by atoms with Crippen LogP contribution in [0.4, 0.5) is 5.82 Å². The summed E-state index contributed by atoms with van der Waals surface area (Å²) in [5.74, 6) is -1.98. The van der Waals surface area contributed by atoms with Crippen molar-refractivity contribution in [3.8, 4) is 0 Å². The van der Waals surface area contributed by atoms with Crippen molar-refractivity contribution in [1.82, 2.24) is 4.98 Å². The minimum atomic E-state index is -3.65. The van der Waals surface area contributed by atoms with Crippen molar-refractivity contribution in [3.63, 3.8) is 0 Å². The van der Waals surface area contributed by atoms with E-state index in [1.807, 2.05) is 0 Å². The summed E-state index contributed by atoms with van der Waals surface area (Å²) in [5.41, 5.74) is -0.176. The van der Waals surface area contributed by atoms with Crippen molar-refractivity contribution in [1.29, 1.82) is 0 Å². The lowest BCUT2D eigenvalue weighted by atomic mass is 10.1. The molecule has 1 atom stereocenters. The van der Waals surface area contributed by atoms with Crippen molar-refractivity contribution >= 4 is 27.7 Å².